The van der Waals surface area contributed by atoms with Crippen molar-refractivity contribution in [2.75, 3.05) is 0 Å². The van der Waals surface area contributed by atoms with Gasteiger partial charge in [0.2, 0.25) is 0 Å². The van der Waals surface area contributed by atoms with Crippen molar-refractivity contribution in [3.8, 4) is 0 Å². The minimum atomic E-state index is 0.215. The van der Waals surface area contributed by atoms with E-state index in [4.69, 9.17) is 23.2 Å². The van der Waals surface area contributed by atoms with Gasteiger partial charge in [0.1, 0.15) is 0 Å². The minimum absolute atomic E-state index is 0.215. The number of hydrogen-bond acceptors (Lipinski definition) is 0. The molecule has 0 heterocycles. The fourth-order valence-corrected chi connectivity index (χ4v) is 1.07. The molecule has 0 nitrogen and oxygen atoms in total. The van der Waals surface area contributed by atoms with Crippen molar-refractivity contribution in [2.24, 2.45) is 0 Å². The molecule has 0 unspecified atom stereocenters. The molecule has 0 spiro atoms. The van der Waals surface area contributed by atoms with Gasteiger partial charge in [0, 0.05) is 10.8 Å². The lowest BCUT2D eigenvalue weighted by Crippen LogP contribution is -1.99. The summed E-state index contributed by atoms with van der Waals surface area (Å²) in [5.74, 6) is 0. The molecule has 0 N–H and O–H groups in total. The highest BCUT2D eigenvalue weighted by Crippen LogP contribution is 2.08. The number of rotatable bonds is 2. The molecule has 0 fully saturated rings. The van der Waals surface area contributed by atoms with Crippen LogP contribution in [-0.2, 0) is 0 Å². The van der Waals surface area contributed by atoms with Crippen LogP contribution in [0.1, 0.15) is 20.3 Å². The highest BCUT2D eigenvalue weighted by molar-refractivity contribution is 6.23. The van der Waals surface area contributed by atoms with E-state index in [1.165, 1.54) is 0 Å². The average Bonchev–Trinajstić information content (AvgIpc) is 1.27. The van der Waals surface area contributed by atoms with Crippen molar-refractivity contribution in [3.63, 3.8) is 0 Å². The lowest BCUT2D eigenvalue weighted by atomic mass is 10.3. The Hall–Kier alpha value is 0.580. The molecule has 7 heavy (non-hydrogen) atoms. The first kappa shape index (κ1) is 7.58. The van der Waals surface area contributed by atoms with E-state index in [-0.39, 0.29) is 10.8 Å². The Balaban J connectivity index is 2.95. The standard InChI is InChI=1S/C5H10Cl2/c1-4(6)3-5(2)7/h4-5H,3H2,1-2H3/t4-,5-/m0/s1. The van der Waals surface area contributed by atoms with Crippen LogP contribution in [0, 0.1) is 0 Å². The molecule has 0 aliphatic rings. The zero-order valence-corrected chi connectivity index (χ0v) is 6.13. The molecular formula is C5H10Cl2. The summed E-state index contributed by atoms with van der Waals surface area (Å²) < 4.78 is 0. The van der Waals surface area contributed by atoms with E-state index in [2.05, 4.69) is 0 Å². The van der Waals surface area contributed by atoms with Gasteiger partial charge in [-0.1, -0.05) is 0 Å². The molecule has 0 aliphatic carbocycles. The summed E-state index contributed by atoms with van der Waals surface area (Å²) in [4.78, 5) is 0. The summed E-state index contributed by atoms with van der Waals surface area (Å²) in [6.45, 7) is 3.89. The Labute approximate surface area is 54.8 Å². The molecule has 0 saturated heterocycles. The molecule has 44 valence electrons. The molecule has 2 heteroatoms. The maximum atomic E-state index is 5.59. The van der Waals surface area contributed by atoms with Crippen LogP contribution in [0.15, 0.2) is 0 Å². The summed E-state index contributed by atoms with van der Waals surface area (Å²) in [6.07, 6.45) is 0.892. The molecule has 2 atom stereocenters. The van der Waals surface area contributed by atoms with Crippen LogP contribution in [0.25, 0.3) is 0 Å². The molecule has 0 aliphatic heterocycles. The Bertz CT molecular complexity index is 35.3. The van der Waals surface area contributed by atoms with Crippen molar-refractivity contribution in [1.82, 2.24) is 0 Å². The van der Waals surface area contributed by atoms with Crippen molar-refractivity contribution < 1.29 is 0 Å². The highest BCUT2D eigenvalue weighted by atomic mass is 35.5. The Kier molecular flexibility index (Phi) is 3.86. The van der Waals surface area contributed by atoms with Crippen LogP contribution in [-0.4, -0.2) is 10.8 Å². The van der Waals surface area contributed by atoms with Crippen LogP contribution in [0.3, 0.4) is 0 Å². The van der Waals surface area contributed by atoms with E-state index in [1.54, 1.807) is 0 Å². The van der Waals surface area contributed by atoms with Gasteiger partial charge in [-0.05, 0) is 20.3 Å². The van der Waals surface area contributed by atoms with Crippen LogP contribution < -0.4 is 0 Å². The van der Waals surface area contributed by atoms with Crippen LogP contribution >= 0.6 is 23.2 Å². The second-order valence-electron chi connectivity index (χ2n) is 1.80. The van der Waals surface area contributed by atoms with Gasteiger partial charge >= 0.3 is 0 Å². The summed E-state index contributed by atoms with van der Waals surface area (Å²) in [5, 5.41) is 0.431. The molecule has 0 aromatic heterocycles. The molecule has 0 aromatic rings. The van der Waals surface area contributed by atoms with Crippen molar-refractivity contribution in [2.45, 2.75) is 31.0 Å². The van der Waals surface area contributed by atoms with Crippen molar-refractivity contribution in [3.05, 3.63) is 0 Å². The van der Waals surface area contributed by atoms with Crippen molar-refractivity contribution >= 4 is 23.2 Å². The van der Waals surface area contributed by atoms with Crippen molar-refractivity contribution in [1.29, 1.82) is 0 Å². The summed E-state index contributed by atoms with van der Waals surface area (Å²) >= 11 is 11.2. The van der Waals surface area contributed by atoms with Gasteiger partial charge in [0.05, 0.1) is 0 Å². The monoisotopic (exact) mass is 140 g/mol. The Morgan fingerprint density at radius 3 is 1.43 bits per heavy atom. The van der Waals surface area contributed by atoms with Crippen LogP contribution in [0.4, 0.5) is 0 Å². The summed E-state index contributed by atoms with van der Waals surface area (Å²) in [5.41, 5.74) is 0. The van der Waals surface area contributed by atoms with Gasteiger partial charge in [-0.15, -0.1) is 23.2 Å². The van der Waals surface area contributed by atoms with Crippen LogP contribution in [0.5, 0.6) is 0 Å². The predicted octanol–water partition coefficient (Wildman–Crippen LogP) is 2.63. The molecule has 0 amide bonds. The number of halogens is 2. The van der Waals surface area contributed by atoms with E-state index in [9.17, 15) is 0 Å². The largest absolute Gasteiger partial charge is 0.123 e. The third kappa shape index (κ3) is 6.58. The Morgan fingerprint density at radius 1 is 1.14 bits per heavy atom. The molecular weight excluding hydrogens is 131 g/mol. The van der Waals surface area contributed by atoms with Gasteiger partial charge in [-0.25, -0.2) is 0 Å². The SMILES string of the molecule is C[C@H](Cl)C[C@H](C)Cl. The average molecular weight is 141 g/mol. The van der Waals surface area contributed by atoms with E-state index in [0.717, 1.165) is 6.42 Å². The Morgan fingerprint density at radius 2 is 1.43 bits per heavy atom. The smallest absolute Gasteiger partial charge is 0.0321 e. The normalized spacial score (nSPS) is 18.9. The molecule has 0 radical (unpaired) electrons. The molecule has 0 saturated carbocycles. The maximum absolute atomic E-state index is 5.59. The first-order chi connectivity index (χ1) is 3.13. The van der Waals surface area contributed by atoms with E-state index in [1.807, 2.05) is 13.8 Å². The third-order valence-corrected chi connectivity index (χ3v) is 1.01. The molecule has 0 bridgehead atoms. The highest BCUT2D eigenvalue weighted by Gasteiger charge is 1.99. The molecule has 0 rings (SSSR count). The zero-order chi connectivity index (χ0) is 5.86. The first-order valence-corrected chi connectivity index (χ1v) is 3.28. The quantitative estimate of drug-likeness (QED) is 0.518. The maximum Gasteiger partial charge on any atom is 0.0321 e. The van der Waals surface area contributed by atoms with Gasteiger partial charge < -0.3 is 0 Å². The second kappa shape index (κ2) is 3.57. The minimum Gasteiger partial charge on any atom is -0.123 e. The topological polar surface area (TPSA) is 0 Å². The van der Waals surface area contributed by atoms with Crippen LogP contribution in [0.2, 0.25) is 0 Å². The summed E-state index contributed by atoms with van der Waals surface area (Å²) in [7, 11) is 0. The number of alkyl halides is 2. The fourth-order valence-electron chi connectivity index (χ4n) is 0.448. The van der Waals surface area contributed by atoms with Gasteiger partial charge in [0.15, 0.2) is 0 Å². The van der Waals surface area contributed by atoms with Gasteiger partial charge in [-0.3, -0.25) is 0 Å². The zero-order valence-electron chi connectivity index (χ0n) is 4.62. The van der Waals surface area contributed by atoms with E-state index in [0.29, 0.717) is 0 Å². The second-order valence-corrected chi connectivity index (χ2v) is 3.29. The third-order valence-electron chi connectivity index (χ3n) is 0.650. The van der Waals surface area contributed by atoms with E-state index >= 15 is 0 Å². The van der Waals surface area contributed by atoms with Gasteiger partial charge in [0.25, 0.3) is 0 Å². The van der Waals surface area contributed by atoms with E-state index < -0.39 is 0 Å². The molecule has 0 aromatic carbocycles. The number of hydrogen-bond donors (Lipinski definition) is 0. The van der Waals surface area contributed by atoms with Gasteiger partial charge in [-0.2, -0.15) is 0 Å². The fraction of sp³-hybridized carbons (Fsp3) is 1.00. The lowest BCUT2D eigenvalue weighted by molar-refractivity contribution is 0.787. The lowest BCUT2D eigenvalue weighted by Gasteiger charge is -2.01. The first-order valence-electron chi connectivity index (χ1n) is 2.41. The predicted molar refractivity (Wildman–Crippen MR) is 35.2 cm³/mol. The summed E-state index contributed by atoms with van der Waals surface area (Å²) in [6, 6.07) is 0.